The number of halogens is 1. The van der Waals surface area contributed by atoms with Crippen molar-refractivity contribution in [3.63, 3.8) is 0 Å². The predicted octanol–water partition coefficient (Wildman–Crippen LogP) is 2.46. The van der Waals surface area contributed by atoms with Gasteiger partial charge in [0.15, 0.2) is 0 Å². The van der Waals surface area contributed by atoms with Gasteiger partial charge in [0, 0.05) is 5.02 Å². The largest absolute Gasteiger partial charge is 0.411 e. The maximum atomic E-state index is 8.25. The fourth-order valence-corrected chi connectivity index (χ4v) is 1.07. The van der Waals surface area contributed by atoms with Crippen molar-refractivity contribution in [1.82, 2.24) is 0 Å². The van der Waals surface area contributed by atoms with Crippen LogP contribution in [-0.2, 0) is 0 Å². The second-order valence-electron chi connectivity index (χ2n) is 2.25. The van der Waals surface area contributed by atoms with Crippen LogP contribution in [0.4, 0.5) is 0 Å². The first-order chi connectivity index (χ1) is 5.24. The van der Waals surface area contributed by atoms with E-state index in [2.05, 4.69) is 5.16 Å². The van der Waals surface area contributed by atoms with Crippen LogP contribution in [0.5, 0.6) is 0 Å². The normalized spacial score (nSPS) is 10.7. The van der Waals surface area contributed by atoms with Crippen LogP contribution in [0.2, 0.25) is 5.02 Å². The van der Waals surface area contributed by atoms with Gasteiger partial charge < -0.3 is 5.21 Å². The summed E-state index contributed by atoms with van der Waals surface area (Å²) < 4.78 is 0. The summed E-state index contributed by atoms with van der Waals surface area (Å²) in [5.74, 6) is 0. The summed E-state index contributed by atoms with van der Waals surface area (Å²) in [6.07, 6.45) is 1.38. The van der Waals surface area contributed by atoms with Crippen molar-refractivity contribution < 1.29 is 5.21 Å². The first-order valence-electron chi connectivity index (χ1n) is 3.17. The summed E-state index contributed by atoms with van der Waals surface area (Å²) in [5.41, 5.74) is 1.87. The van der Waals surface area contributed by atoms with E-state index in [1.807, 2.05) is 13.0 Å². The zero-order chi connectivity index (χ0) is 8.27. The number of rotatable bonds is 1. The van der Waals surface area contributed by atoms with E-state index in [1.165, 1.54) is 6.21 Å². The number of nitrogens with zero attached hydrogens (tertiary/aromatic N) is 1. The van der Waals surface area contributed by atoms with E-state index < -0.39 is 0 Å². The summed E-state index contributed by atoms with van der Waals surface area (Å²) in [6, 6.07) is 5.38. The predicted molar refractivity (Wildman–Crippen MR) is 45.6 cm³/mol. The van der Waals surface area contributed by atoms with Gasteiger partial charge in [-0.25, -0.2) is 0 Å². The van der Waals surface area contributed by atoms with Crippen molar-refractivity contribution in [2.75, 3.05) is 0 Å². The molecular formula is C8H8ClNO. The summed E-state index contributed by atoms with van der Waals surface area (Å²) >= 11 is 5.71. The van der Waals surface area contributed by atoms with Gasteiger partial charge in [0.05, 0.1) is 6.21 Å². The van der Waals surface area contributed by atoms with Crippen molar-refractivity contribution in [2.45, 2.75) is 6.92 Å². The van der Waals surface area contributed by atoms with Gasteiger partial charge in [-0.2, -0.15) is 0 Å². The molecule has 0 heterocycles. The topological polar surface area (TPSA) is 32.6 Å². The highest BCUT2D eigenvalue weighted by molar-refractivity contribution is 6.30. The number of hydrogen-bond donors (Lipinski definition) is 1. The van der Waals surface area contributed by atoms with Gasteiger partial charge in [0.25, 0.3) is 0 Å². The summed E-state index contributed by atoms with van der Waals surface area (Å²) in [4.78, 5) is 0. The third-order valence-electron chi connectivity index (χ3n) is 1.43. The van der Waals surface area contributed by atoms with E-state index in [9.17, 15) is 0 Å². The molecule has 0 aliphatic rings. The molecule has 0 spiro atoms. The van der Waals surface area contributed by atoms with E-state index >= 15 is 0 Å². The van der Waals surface area contributed by atoms with Crippen LogP contribution < -0.4 is 0 Å². The summed E-state index contributed by atoms with van der Waals surface area (Å²) in [7, 11) is 0. The third kappa shape index (κ3) is 1.95. The highest BCUT2D eigenvalue weighted by atomic mass is 35.5. The van der Waals surface area contributed by atoms with Crippen LogP contribution >= 0.6 is 11.6 Å². The first-order valence-corrected chi connectivity index (χ1v) is 3.55. The molecule has 0 atom stereocenters. The third-order valence-corrected chi connectivity index (χ3v) is 1.66. The van der Waals surface area contributed by atoms with Crippen LogP contribution in [-0.4, -0.2) is 11.4 Å². The van der Waals surface area contributed by atoms with Crippen molar-refractivity contribution in [2.24, 2.45) is 5.16 Å². The van der Waals surface area contributed by atoms with Gasteiger partial charge >= 0.3 is 0 Å². The first kappa shape index (κ1) is 8.08. The lowest BCUT2D eigenvalue weighted by molar-refractivity contribution is 0.322. The average molecular weight is 170 g/mol. The molecule has 0 bridgehead atoms. The lowest BCUT2D eigenvalue weighted by Crippen LogP contribution is -1.85. The standard InChI is InChI=1S/C8H8ClNO/c1-6-4-8(9)3-2-7(6)5-10-11/h2-5,11H,1H3. The molecule has 0 unspecified atom stereocenters. The molecule has 0 aromatic heterocycles. The Balaban J connectivity index is 3.09. The van der Waals surface area contributed by atoms with Crippen molar-refractivity contribution in [3.8, 4) is 0 Å². The van der Waals surface area contributed by atoms with Gasteiger partial charge in [0.2, 0.25) is 0 Å². The molecule has 0 radical (unpaired) electrons. The van der Waals surface area contributed by atoms with Crippen LogP contribution in [0.25, 0.3) is 0 Å². The number of benzene rings is 1. The minimum atomic E-state index is 0.692. The fourth-order valence-electron chi connectivity index (χ4n) is 0.846. The van der Waals surface area contributed by atoms with Gasteiger partial charge in [-0.15, -0.1) is 0 Å². The fraction of sp³-hybridized carbons (Fsp3) is 0.125. The molecule has 3 heteroatoms. The van der Waals surface area contributed by atoms with Crippen LogP contribution in [0.15, 0.2) is 23.4 Å². The molecule has 0 aliphatic heterocycles. The lowest BCUT2D eigenvalue weighted by Gasteiger charge is -1.97. The Morgan fingerprint density at radius 2 is 2.27 bits per heavy atom. The van der Waals surface area contributed by atoms with Crippen LogP contribution in [0.3, 0.4) is 0 Å². The minimum absolute atomic E-state index is 0.692. The van der Waals surface area contributed by atoms with Crippen molar-refractivity contribution in [1.29, 1.82) is 0 Å². The minimum Gasteiger partial charge on any atom is -0.411 e. The number of aryl methyl sites for hydroxylation is 1. The molecule has 0 saturated heterocycles. The quantitative estimate of drug-likeness (QED) is 0.391. The number of hydrogen-bond acceptors (Lipinski definition) is 2. The molecule has 11 heavy (non-hydrogen) atoms. The van der Waals surface area contributed by atoms with E-state index in [1.54, 1.807) is 12.1 Å². The van der Waals surface area contributed by atoms with Gasteiger partial charge in [-0.1, -0.05) is 22.8 Å². The van der Waals surface area contributed by atoms with E-state index in [-0.39, 0.29) is 0 Å². The second kappa shape index (κ2) is 3.39. The van der Waals surface area contributed by atoms with Crippen molar-refractivity contribution in [3.05, 3.63) is 34.3 Å². The van der Waals surface area contributed by atoms with Crippen LogP contribution in [0, 0.1) is 6.92 Å². The Morgan fingerprint density at radius 1 is 1.55 bits per heavy atom. The Kier molecular flexibility index (Phi) is 2.49. The molecule has 1 N–H and O–H groups in total. The molecular weight excluding hydrogens is 162 g/mol. The second-order valence-corrected chi connectivity index (χ2v) is 2.68. The monoisotopic (exact) mass is 169 g/mol. The molecule has 0 aliphatic carbocycles. The van der Waals surface area contributed by atoms with E-state index in [0.717, 1.165) is 11.1 Å². The molecule has 1 aromatic rings. The Morgan fingerprint density at radius 3 is 2.82 bits per heavy atom. The Labute approximate surface area is 70.1 Å². The molecule has 0 fully saturated rings. The lowest BCUT2D eigenvalue weighted by atomic mass is 10.1. The van der Waals surface area contributed by atoms with Gasteiger partial charge in [-0.05, 0) is 30.2 Å². The molecule has 1 aromatic carbocycles. The number of oxime groups is 1. The van der Waals surface area contributed by atoms with Crippen molar-refractivity contribution >= 4 is 17.8 Å². The van der Waals surface area contributed by atoms with Gasteiger partial charge in [-0.3, -0.25) is 0 Å². The summed E-state index contributed by atoms with van der Waals surface area (Å²) in [5, 5.41) is 11.9. The zero-order valence-electron chi connectivity index (χ0n) is 6.08. The summed E-state index contributed by atoms with van der Waals surface area (Å²) in [6.45, 7) is 1.91. The van der Waals surface area contributed by atoms with E-state index in [4.69, 9.17) is 16.8 Å². The average Bonchev–Trinajstić information content (AvgIpc) is 1.95. The maximum absolute atomic E-state index is 8.25. The zero-order valence-corrected chi connectivity index (χ0v) is 6.84. The molecule has 58 valence electrons. The molecule has 2 nitrogen and oxygen atoms in total. The Bertz CT molecular complexity index is 283. The highest BCUT2D eigenvalue weighted by Crippen LogP contribution is 2.13. The molecule has 0 amide bonds. The van der Waals surface area contributed by atoms with E-state index in [0.29, 0.717) is 5.02 Å². The highest BCUT2D eigenvalue weighted by Gasteiger charge is 1.94. The Hall–Kier alpha value is -1.02. The maximum Gasteiger partial charge on any atom is 0.0736 e. The molecule has 0 saturated carbocycles. The molecule has 1 rings (SSSR count). The SMILES string of the molecule is Cc1cc(Cl)ccc1C=NO. The van der Waals surface area contributed by atoms with Gasteiger partial charge in [0.1, 0.15) is 0 Å². The smallest absolute Gasteiger partial charge is 0.0736 e. The van der Waals surface area contributed by atoms with Crippen LogP contribution in [0.1, 0.15) is 11.1 Å².